The number of benzene rings is 1. The largest absolute Gasteiger partial charge is 0.287 e. The second-order valence-electron chi connectivity index (χ2n) is 3.99. The number of aryl methyl sites for hydroxylation is 1. The minimum Gasteiger partial charge on any atom is -0.287 e. The van der Waals surface area contributed by atoms with E-state index in [2.05, 4.69) is 5.10 Å². The Balaban J connectivity index is 2.50. The maximum Gasteiger partial charge on any atom is 0.215 e. The van der Waals surface area contributed by atoms with E-state index in [9.17, 15) is 13.6 Å². The summed E-state index contributed by atoms with van der Waals surface area (Å²) in [5.41, 5.74) is -0.271. The zero-order valence-electron chi connectivity index (χ0n) is 10.2. The Hall–Kier alpha value is -1.75. The summed E-state index contributed by atoms with van der Waals surface area (Å²) in [4.78, 5) is 12.2. The van der Waals surface area contributed by atoms with Gasteiger partial charge >= 0.3 is 0 Å². The Morgan fingerprint density at radius 2 is 2.16 bits per heavy atom. The molecular formula is C13H11ClF2N2O. The van der Waals surface area contributed by atoms with E-state index in [1.165, 1.54) is 23.0 Å². The van der Waals surface area contributed by atoms with Gasteiger partial charge in [-0.3, -0.25) is 9.48 Å². The first-order valence-corrected chi connectivity index (χ1v) is 6.14. The van der Waals surface area contributed by atoms with Crippen molar-refractivity contribution in [2.24, 2.45) is 0 Å². The molecule has 0 N–H and O–H groups in total. The van der Waals surface area contributed by atoms with Crippen LogP contribution in [-0.4, -0.2) is 15.6 Å². The molecule has 0 unspecified atom stereocenters. The van der Waals surface area contributed by atoms with E-state index in [1.807, 2.05) is 6.92 Å². The van der Waals surface area contributed by atoms with Gasteiger partial charge in [-0.15, -0.1) is 0 Å². The smallest absolute Gasteiger partial charge is 0.215 e. The maximum absolute atomic E-state index is 13.6. The summed E-state index contributed by atoms with van der Waals surface area (Å²) in [7, 11) is 0. The third-order valence-electron chi connectivity index (χ3n) is 2.64. The highest BCUT2D eigenvalue weighted by Gasteiger charge is 2.23. The monoisotopic (exact) mass is 284 g/mol. The lowest BCUT2D eigenvalue weighted by molar-refractivity contribution is 0.102. The molecule has 1 aromatic carbocycles. The number of carbonyl (C=O) groups excluding carboxylic acids is 1. The first-order chi connectivity index (χ1) is 9.06. The van der Waals surface area contributed by atoms with Gasteiger partial charge in [-0.2, -0.15) is 5.10 Å². The zero-order valence-corrected chi connectivity index (χ0v) is 10.9. The van der Waals surface area contributed by atoms with Gasteiger partial charge in [0, 0.05) is 6.54 Å². The normalized spacial score (nSPS) is 10.7. The number of halogens is 3. The van der Waals surface area contributed by atoms with Crippen LogP contribution in [0.15, 0.2) is 24.4 Å². The fourth-order valence-corrected chi connectivity index (χ4v) is 2.00. The lowest BCUT2D eigenvalue weighted by Crippen LogP contribution is -2.14. The van der Waals surface area contributed by atoms with Crippen LogP contribution in [-0.2, 0) is 6.54 Å². The van der Waals surface area contributed by atoms with Crippen LogP contribution < -0.4 is 0 Å². The van der Waals surface area contributed by atoms with Crippen LogP contribution >= 0.6 is 11.6 Å². The van der Waals surface area contributed by atoms with E-state index >= 15 is 0 Å². The maximum atomic E-state index is 13.6. The Bertz CT molecular complexity index is 625. The molecule has 0 bridgehead atoms. The van der Waals surface area contributed by atoms with Gasteiger partial charge in [0.25, 0.3) is 0 Å². The molecule has 1 heterocycles. The average molecular weight is 285 g/mol. The third-order valence-corrected chi connectivity index (χ3v) is 2.92. The molecule has 0 spiro atoms. The number of ketones is 1. The molecule has 2 rings (SSSR count). The van der Waals surface area contributed by atoms with Crippen LogP contribution in [0.25, 0.3) is 0 Å². The van der Waals surface area contributed by atoms with Gasteiger partial charge in [-0.25, -0.2) is 8.78 Å². The Morgan fingerprint density at radius 1 is 1.42 bits per heavy atom. The summed E-state index contributed by atoms with van der Waals surface area (Å²) in [6.45, 7) is 2.39. The molecule has 0 aliphatic carbocycles. The second kappa shape index (κ2) is 5.48. The zero-order chi connectivity index (χ0) is 14.0. The Kier molecular flexibility index (Phi) is 3.95. The molecule has 0 atom stereocenters. The predicted octanol–water partition coefficient (Wildman–Crippen LogP) is 3.46. The molecule has 0 aliphatic rings. The van der Waals surface area contributed by atoms with E-state index in [-0.39, 0.29) is 16.3 Å². The summed E-state index contributed by atoms with van der Waals surface area (Å²) < 4.78 is 28.2. The minimum atomic E-state index is -1.17. The van der Waals surface area contributed by atoms with E-state index in [1.54, 1.807) is 0 Å². The van der Waals surface area contributed by atoms with E-state index in [0.717, 1.165) is 12.5 Å². The minimum absolute atomic E-state index is 0.0769. The SMILES string of the molecule is CCCn1ncc(Cl)c1C(=O)c1cccc(F)c1F. The topological polar surface area (TPSA) is 34.9 Å². The summed E-state index contributed by atoms with van der Waals surface area (Å²) in [6, 6.07) is 3.46. The molecular weight excluding hydrogens is 274 g/mol. The van der Waals surface area contributed by atoms with E-state index in [0.29, 0.717) is 6.54 Å². The first-order valence-electron chi connectivity index (χ1n) is 5.76. The third kappa shape index (κ3) is 2.51. The lowest BCUT2D eigenvalue weighted by Gasteiger charge is -2.07. The van der Waals surface area contributed by atoms with Crippen molar-refractivity contribution >= 4 is 17.4 Å². The molecule has 0 amide bonds. The van der Waals surface area contributed by atoms with Crippen molar-refractivity contribution in [3.63, 3.8) is 0 Å². The molecule has 100 valence electrons. The van der Waals surface area contributed by atoms with Gasteiger partial charge in [0.05, 0.1) is 16.8 Å². The van der Waals surface area contributed by atoms with Gasteiger partial charge in [-0.05, 0) is 18.6 Å². The molecule has 0 radical (unpaired) electrons. The number of hydrogen-bond acceptors (Lipinski definition) is 2. The van der Waals surface area contributed by atoms with Crippen LogP contribution in [0, 0.1) is 11.6 Å². The van der Waals surface area contributed by atoms with Crippen LogP contribution in [0.1, 0.15) is 29.4 Å². The number of carbonyl (C=O) groups is 1. The van der Waals surface area contributed by atoms with Crippen LogP contribution in [0.4, 0.5) is 8.78 Å². The highest BCUT2D eigenvalue weighted by molar-refractivity contribution is 6.34. The number of hydrogen-bond donors (Lipinski definition) is 0. The Labute approximate surface area is 113 Å². The quantitative estimate of drug-likeness (QED) is 0.806. The van der Waals surface area contributed by atoms with Crippen molar-refractivity contribution in [1.29, 1.82) is 0 Å². The molecule has 0 aliphatic heterocycles. The summed E-state index contributed by atoms with van der Waals surface area (Å²) in [5, 5.41) is 4.08. The van der Waals surface area contributed by atoms with Crippen molar-refractivity contribution in [2.75, 3.05) is 0 Å². The summed E-state index contributed by atoms with van der Waals surface area (Å²) in [6.07, 6.45) is 2.06. The van der Waals surface area contributed by atoms with Crippen molar-refractivity contribution in [3.05, 3.63) is 52.3 Å². The second-order valence-corrected chi connectivity index (χ2v) is 4.40. The molecule has 0 saturated carbocycles. The molecule has 19 heavy (non-hydrogen) atoms. The van der Waals surface area contributed by atoms with Gasteiger partial charge in [0.1, 0.15) is 5.69 Å². The highest BCUT2D eigenvalue weighted by Crippen LogP contribution is 2.22. The fourth-order valence-electron chi connectivity index (χ4n) is 1.78. The van der Waals surface area contributed by atoms with Gasteiger partial charge < -0.3 is 0 Å². The molecule has 2 aromatic rings. The highest BCUT2D eigenvalue weighted by atomic mass is 35.5. The Morgan fingerprint density at radius 3 is 2.84 bits per heavy atom. The molecule has 0 fully saturated rings. The summed E-state index contributed by atoms with van der Waals surface area (Å²) >= 11 is 5.90. The fraction of sp³-hybridized carbons (Fsp3) is 0.231. The first kappa shape index (κ1) is 13.7. The molecule has 6 heteroatoms. The van der Waals surface area contributed by atoms with Crippen LogP contribution in [0.2, 0.25) is 5.02 Å². The predicted molar refractivity (Wildman–Crippen MR) is 67.3 cm³/mol. The lowest BCUT2D eigenvalue weighted by atomic mass is 10.1. The van der Waals surface area contributed by atoms with Gasteiger partial charge in [0.2, 0.25) is 5.78 Å². The molecule has 0 saturated heterocycles. The molecule has 1 aromatic heterocycles. The van der Waals surface area contributed by atoms with E-state index < -0.39 is 17.4 Å². The van der Waals surface area contributed by atoms with E-state index in [4.69, 9.17) is 11.6 Å². The average Bonchev–Trinajstić information content (AvgIpc) is 2.74. The van der Waals surface area contributed by atoms with Crippen molar-refractivity contribution in [3.8, 4) is 0 Å². The van der Waals surface area contributed by atoms with Gasteiger partial charge in [0.15, 0.2) is 11.6 Å². The van der Waals surface area contributed by atoms with Crippen molar-refractivity contribution in [2.45, 2.75) is 19.9 Å². The van der Waals surface area contributed by atoms with Crippen molar-refractivity contribution < 1.29 is 13.6 Å². The number of aromatic nitrogens is 2. The van der Waals surface area contributed by atoms with Crippen molar-refractivity contribution in [1.82, 2.24) is 9.78 Å². The standard InChI is InChI=1S/C13H11ClF2N2O/c1-2-6-18-12(9(14)7-17-18)13(19)8-4-3-5-10(15)11(8)16/h3-5,7H,2,6H2,1H3. The molecule has 3 nitrogen and oxygen atoms in total. The summed E-state index contributed by atoms with van der Waals surface area (Å²) in [5.74, 6) is -2.91. The number of rotatable bonds is 4. The van der Waals surface area contributed by atoms with Crippen LogP contribution in [0.5, 0.6) is 0 Å². The van der Waals surface area contributed by atoms with Gasteiger partial charge in [-0.1, -0.05) is 24.6 Å². The van der Waals surface area contributed by atoms with Crippen LogP contribution in [0.3, 0.4) is 0 Å². The number of nitrogens with zero attached hydrogens (tertiary/aromatic N) is 2.